The Bertz CT molecular complexity index is 1360. The van der Waals surface area contributed by atoms with Crippen molar-refractivity contribution in [2.45, 2.75) is 26.2 Å². The van der Waals surface area contributed by atoms with Crippen molar-refractivity contribution in [2.75, 3.05) is 31.6 Å². The quantitative estimate of drug-likeness (QED) is 0.246. The number of hydrazone groups is 1. The SMILES string of the molecule is C=CCN1C(=O)/C(=C\c2ccc(N(c3ccc(C)cc3)c3ccc(OC)cc3)cc2)O/C1=N/N1CCCCC1. The van der Waals surface area contributed by atoms with Crippen molar-refractivity contribution >= 4 is 35.1 Å². The van der Waals surface area contributed by atoms with Crippen LogP contribution < -0.4 is 9.64 Å². The van der Waals surface area contributed by atoms with Crippen molar-refractivity contribution in [3.63, 3.8) is 0 Å². The van der Waals surface area contributed by atoms with Gasteiger partial charge in [-0.15, -0.1) is 11.7 Å². The van der Waals surface area contributed by atoms with Gasteiger partial charge in [-0.3, -0.25) is 14.7 Å². The van der Waals surface area contributed by atoms with Crippen LogP contribution in [0.3, 0.4) is 0 Å². The number of hydrogen-bond acceptors (Lipinski definition) is 6. The summed E-state index contributed by atoms with van der Waals surface area (Å²) in [6.07, 6.45) is 6.85. The summed E-state index contributed by atoms with van der Waals surface area (Å²) in [5.41, 5.74) is 5.11. The van der Waals surface area contributed by atoms with Gasteiger partial charge in [0.15, 0.2) is 5.76 Å². The van der Waals surface area contributed by atoms with Gasteiger partial charge in [-0.25, -0.2) is 0 Å². The van der Waals surface area contributed by atoms with E-state index in [2.05, 4.69) is 47.8 Å². The normalized spacial score (nSPS) is 17.4. The van der Waals surface area contributed by atoms with Crippen LogP contribution in [0, 0.1) is 6.92 Å². The molecular weight excluding hydrogens is 488 g/mol. The topological polar surface area (TPSA) is 57.6 Å². The van der Waals surface area contributed by atoms with Gasteiger partial charge in [-0.05, 0) is 86.4 Å². The van der Waals surface area contributed by atoms with Gasteiger partial charge < -0.3 is 14.4 Å². The number of carbonyl (C=O) groups is 1. The fourth-order valence-corrected chi connectivity index (χ4v) is 4.71. The van der Waals surface area contributed by atoms with Gasteiger partial charge in [0.25, 0.3) is 5.91 Å². The third kappa shape index (κ3) is 5.98. The van der Waals surface area contributed by atoms with E-state index in [0.29, 0.717) is 12.6 Å². The van der Waals surface area contributed by atoms with E-state index in [4.69, 9.17) is 9.47 Å². The molecule has 39 heavy (non-hydrogen) atoms. The van der Waals surface area contributed by atoms with Crippen molar-refractivity contribution in [3.05, 3.63) is 102 Å². The Morgan fingerprint density at radius 1 is 0.923 bits per heavy atom. The van der Waals surface area contributed by atoms with Crippen LogP contribution in [0.15, 0.2) is 96.3 Å². The standard InChI is InChI=1S/C32H34N4O3/c1-4-20-35-31(37)30(39-32(35)33-34-21-6-5-7-22-34)23-25-10-14-27(15-11-25)36(26-12-8-24(2)9-13-26)28-16-18-29(38-3)19-17-28/h4,8-19,23H,1,5-7,20-22H2,2-3H3/b30-23+,33-32+. The second kappa shape index (κ2) is 11.9. The van der Waals surface area contributed by atoms with E-state index in [1.807, 2.05) is 53.5 Å². The minimum atomic E-state index is -0.214. The lowest BCUT2D eigenvalue weighted by molar-refractivity contribution is -0.122. The molecule has 2 aliphatic heterocycles. The molecule has 5 rings (SSSR count). The maximum Gasteiger partial charge on any atom is 0.322 e. The first-order valence-corrected chi connectivity index (χ1v) is 13.3. The molecule has 3 aromatic rings. The van der Waals surface area contributed by atoms with Gasteiger partial charge in [0.2, 0.25) is 0 Å². The predicted octanol–water partition coefficient (Wildman–Crippen LogP) is 6.62. The molecule has 7 nitrogen and oxygen atoms in total. The first-order chi connectivity index (χ1) is 19.1. The molecule has 1 amide bonds. The third-order valence-corrected chi connectivity index (χ3v) is 6.83. The molecule has 0 aliphatic carbocycles. The summed E-state index contributed by atoms with van der Waals surface area (Å²) in [7, 11) is 1.66. The van der Waals surface area contributed by atoms with E-state index in [0.717, 1.165) is 54.3 Å². The van der Waals surface area contributed by atoms with Gasteiger partial charge >= 0.3 is 6.02 Å². The number of amidine groups is 1. The Balaban J connectivity index is 1.42. The van der Waals surface area contributed by atoms with Crippen LogP contribution in [0.1, 0.15) is 30.4 Å². The number of piperidine rings is 1. The van der Waals surface area contributed by atoms with Crippen molar-refractivity contribution in [3.8, 4) is 5.75 Å². The zero-order valence-corrected chi connectivity index (χ0v) is 22.5. The summed E-state index contributed by atoms with van der Waals surface area (Å²) in [5, 5.41) is 6.61. The molecule has 2 saturated heterocycles. The molecule has 0 aromatic heterocycles. The van der Waals surface area contributed by atoms with Crippen LogP contribution in [0.4, 0.5) is 17.1 Å². The number of anilines is 3. The zero-order chi connectivity index (χ0) is 27.2. The largest absolute Gasteiger partial charge is 0.497 e. The summed E-state index contributed by atoms with van der Waals surface area (Å²) in [4.78, 5) is 16.9. The van der Waals surface area contributed by atoms with Crippen molar-refractivity contribution < 1.29 is 14.3 Å². The average molecular weight is 523 g/mol. The Labute approximate surface area is 230 Å². The number of amides is 1. The summed E-state index contributed by atoms with van der Waals surface area (Å²) >= 11 is 0. The van der Waals surface area contributed by atoms with E-state index in [1.54, 1.807) is 19.3 Å². The molecule has 2 heterocycles. The Kier molecular flexibility index (Phi) is 7.96. The highest BCUT2D eigenvalue weighted by atomic mass is 16.5. The van der Waals surface area contributed by atoms with Gasteiger partial charge in [-0.1, -0.05) is 35.9 Å². The van der Waals surface area contributed by atoms with Crippen molar-refractivity contribution in [2.24, 2.45) is 5.10 Å². The van der Waals surface area contributed by atoms with E-state index in [9.17, 15) is 4.79 Å². The van der Waals surface area contributed by atoms with Crippen LogP contribution >= 0.6 is 0 Å². The number of hydrogen-bond donors (Lipinski definition) is 0. The smallest absolute Gasteiger partial charge is 0.322 e. The molecule has 0 N–H and O–H groups in total. The van der Waals surface area contributed by atoms with Crippen LogP contribution in [0.5, 0.6) is 5.75 Å². The van der Waals surface area contributed by atoms with Gasteiger partial charge in [0.1, 0.15) is 5.75 Å². The molecule has 0 spiro atoms. The third-order valence-electron chi connectivity index (χ3n) is 6.83. The second-order valence-electron chi connectivity index (χ2n) is 9.67. The van der Waals surface area contributed by atoms with Crippen LogP contribution in [0.2, 0.25) is 0 Å². The number of benzene rings is 3. The molecule has 0 radical (unpaired) electrons. The highest BCUT2D eigenvalue weighted by Gasteiger charge is 2.35. The second-order valence-corrected chi connectivity index (χ2v) is 9.67. The lowest BCUT2D eigenvalue weighted by Gasteiger charge is -2.26. The molecule has 2 aliphatic rings. The number of ether oxygens (including phenoxy) is 2. The van der Waals surface area contributed by atoms with Gasteiger partial charge in [0.05, 0.1) is 7.11 Å². The molecule has 2 fully saturated rings. The summed E-state index contributed by atoms with van der Waals surface area (Å²) in [5.74, 6) is 0.847. The van der Waals surface area contributed by atoms with Gasteiger partial charge in [0, 0.05) is 36.7 Å². The Morgan fingerprint density at radius 3 is 2.10 bits per heavy atom. The fourth-order valence-electron chi connectivity index (χ4n) is 4.71. The van der Waals surface area contributed by atoms with E-state index >= 15 is 0 Å². The first-order valence-electron chi connectivity index (χ1n) is 13.3. The molecule has 0 unspecified atom stereocenters. The highest BCUT2D eigenvalue weighted by Crippen LogP contribution is 2.35. The Hall–Kier alpha value is -4.52. The van der Waals surface area contributed by atoms with E-state index in [-0.39, 0.29) is 11.7 Å². The van der Waals surface area contributed by atoms with Crippen molar-refractivity contribution in [1.29, 1.82) is 0 Å². The lowest BCUT2D eigenvalue weighted by atomic mass is 10.1. The van der Waals surface area contributed by atoms with Crippen molar-refractivity contribution in [1.82, 2.24) is 9.91 Å². The fraction of sp³-hybridized carbons (Fsp3) is 0.250. The minimum Gasteiger partial charge on any atom is -0.497 e. The molecule has 200 valence electrons. The summed E-state index contributed by atoms with van der Waals surface area (Å²) in [6.45, 7) is 7.95. The molecule has 7 heteroatoms. The predicted molar refractivity (Wildman–Crippen MR) is 156 cm³/mol. The monoisotopic (exact) mass is 522 g/mol. The average Bonchev–Trinajstić information content (AvgIpc) is 3.25. The molecule has 0 bridgehead atoms. The first kappa shape index (κ1) is 26.1. The number of methoxy groups -OCH3 is 1. The van der Waals surface area contributed by atoms with E-state index in [1.165, 1.54) is 16.9 Å². The molecule has 0 saturated carbocycles. The molecular formula is C32H34N4O3. The molecule has 0 atom stereocenters. The van der Waals surface area contributed by atoms with Crippen LogP contribution in [0.25, 0.3) is 6.08 Å². The zero-order valence-electron chi connectivity index (χ0n) is 22.5. The maximum absolute atomic E-state index is 13.1. The number of aryl methyl sites for hydroxylation is 1. The highest BCUT2D eigenvalue weighted by molar-refractivity contribution is 6.11. The summed E-state index contributed by atoms with van der Waals surface area (Å²) in [6, 6.07) is 24.8. The lowest BCUT2D eigenvalue weighted by Crippen LogP contribution is -2.33. The maximum atomic E-state index is 13.1. The molecule has 3 aromatic carbocycles. The minimum absolute atomic E-state index is 0.214. The van der Waals surface area contributed by atoms with Crippen LogP contribution in [-0.2, 0) is 9.53 Å². The van der Waals surface area contributed by atoms with Crippen LogP contribution in [-0.4, -0.2) is 48.6 Å². The summed E-state index contributed by atoms with van der Waals surface area (Å²) < 4.78 is 11.3. The van der Waals surface area contributed by atoms with E-state index < -0.39 is 0 Å². The Morgan fingerprint density at radius 2 is 1.51 bits per heavy atom. The number of nitrogens with zero attached hydrogens (tertiary/aromatic N) is 4. The number of rotatable bonds is 8. The van der Waals surface area contributed by atoms with Gasteiger partial charge in [-0.2, -0.15) is 0 Å². The number of carbonyl (C=O) groups excluding carboxylic acids is 1.